The predicted octanol–water partition coefficient (Wildman–Crippen LogP) is 2.54. The fourth-order valence-electron chi connectivity index (χ4n) is 1.95. The number of hydrogen-bond donors (Lipinski definition) is 2. The van der Waals surface area contributed by atoms with E-state index in [2.05, 4.69) is 15.3 Å². The molecule has 5 nitrogen and oxygen atoms in total. The third-order valence-corrected chi connectivity index (χ3v) is 2.86. The van der Waals surface area contributed by atoms with Gasteiger partial charge in [0.15, 0.2) is 11.5 Å². The topological polar surface area (TPSA) is 75.1 Å². The number of aryl methyl sites for hydroxylation is 2. The predicted molar refractivity (Wildman–Crippen MR) is 72.2 cm³/mol. The average Bonchev–Trinajstić information content (AvgIpc) is 2.42. The molecular weight excluding hydrogens is 261 g/mol. The van der Waals surface area contributed by atoms with Gasteiger partial charge in [0.05, 0.1) is 0 Å². The molecule has 0 aliphatic heterocycles. The second kappa shape index (κ2) is 5.64. The molecule has 0 bridgehead atoms. The lowest BCUT2D eigenvalue weighted by molar-refractivity contribution is 0.0691. The Labute approximate surface area is 115 Å². The minimum absolute atomic E-state index is 0.136. The highest BCUT2D eigenvalue weighted by atomic mass is 19.1. The van der Waals surface area contributed by atoms with Gasteiger partial charge in [0.25, 0.3) is 0 Å². The number of carboxylic acid groups (broad SMARTS) is 1. The highest BCUT2D eigenvalue weighted by Crippen LogP contribution is 2.16. The Morgan fingerprint density at radius 3 is 2.45 bits per heavy atom. The molecule has 0 aliphatic carbocycles. The van der Waals surface area contributed by atoms with Crippen molar-refractivity contribution in [2.45, 2.75) is 20.4 Å². The lowest BCUT2D eigenvalue weighted by Gasteiger charge is -2.10. The highest BCUT2D eigenvalue weighted by molar-refractivity contribution is 5.90. The lowest BCUT2D eigenvalue weighted by atomic mass is 10.1. The number of nitrogens with one attached hydrogen (secondary N) is 1. The maximum atomic E-state index is 13.5. The summed E-state index contributed by atoms with van der Waals surface area (Å²) < 4.78 is 13.5. The first-order valence-corrected chi connectivity index (χ1v) is 6.03. The van der Waals surface area contributed by atoms with Gasteiger partial charge in [-0.1, -0.05) is 12.1 Å². The van der Waals surface area contributed by atoms with Crippen LogP contribution in [0, 0.1) is 19.7 Å². The fraction of sp³-hybridized carbons (Fsp3) is 0.214. The Kier molecular flexibility index (Phi) is 3.93. The van der Waals surface area contributed by atoms with Crippen molar-refractivity contribution >= 4 is 11.8 Å². The molecule has 1 aromatic carbocycles. The summed E-state index contributed by atoms with van der Waals surface area (Å²) in [5, 5.41) is 11.9. The van der Waals surface area contributed by atoms with Crippen LogP contribution in [-0.4, -0.2) is 21.0 Å². The van der Waals surface area contributed by atoms with Crippen LogP contribution < -0.4 is 5.32 Å². The molecule has 0 saturated heterocycles. The normalized spacial score (nSPS) is 10.3. The van der Waals surface area contributed by atoms with Crippen molar-refractivity contribution in [2.24, 2.45) is 0 Å². The number of hydrogen-bond acceptors (Lipinski definition) is 4. The number of aromatic carboxylic acids is 1. The summed E-state index contributed by atoms with van der Waals surface area (Å²) >= 11 is 0. The van der Waals surface area contributed by atoms with Gasteiger partial charge in [-0.25, -0.2) is 19.2 Å². The van der Waals surface area contributed by atoms with E-state index in [9.17, 15) is 9.18 Å². The Morgan fingerprint density at radius 2 is 1.85 bits per heavy atom. The monoisotopic (exact) mass is 275 g/mol. The van der Waals surface area contributed by atoms with Crippen LogP contribution in [0.1, 0.15) is 27.2 Å². The van der Waals surface area contributed by atoms with Gasteiger partial charge in [0.2, 0.25) is 0 Å². The molecule has 0 radical (unpaired) electrons. The summed E-state index contributed by atoms with van der Waals surface area (Å²) in [4.78, 5) is 18.7. The van der Waals surface area contributed by atoms with Crippen LogP contribution in [0.25, 0.3) is 0 Å². The number of benzene rings is 1. The first kappa shape index (κ1) is 13.9. The molecule has 0 aliphatic rings. The number of carboxylic acids is 1. The number of nitrogens with zero attached hydrogens (tertiary/aromatic N) is 2. The number of rotatable bonds is 4. The highest BCUT2D eigenvalue weighted by Gasteiger charge is 2.12. The molecule has 20 heavy (non-hydrogen) atoms. The fourth-order valence-corrected chi connectivity index (χ4v) is 1.95. The largest absolute Gasteiger partial charge is 0.476 e. The molecule has 2 aromatic rings. The van der Waals surface area contributed by atoms with Crippen LogP contribution in [0.4, 0.5) is 10.2 Å². The molecule has 2 rings (SSSR count). The Morgan fingerprint density at radius 1 is 1.25 bits per heavy atom. The van der Waals surface area contributed by atoms with Gasteiger partial charge >= 0.3 is 5.97 Å². The van der Waals surface area contributed by atoms with Crippen molar-refractivity contribution < 1.29 is 14.3 Å². The SMILES string of the molecule is Cc1cc(CNc2nccnc2C(=O)O)cc(C)c1F. The molecule has 0 atom stereocenters. The van der Waals surface area contributed by atoms with Crippen LogP contribution >= 0.6 is 0 Å². The van der Waals surface area contributed by atoms with E-state index in [1.54, 1.807) is 26.0 Å². The van der Waals surface area contributed by atoms with Gasteiger partial charge in [-0.05, 0) is 30.5 Å². The van der Waals surface area contributed by atoms with Crippen LogP contribution in [0.15, 0.2) is 24.5 Å². The number of halogens is 1. The standard InChI is InChI=1S/C14H14FN3O2/c1-8-5-10(6-9(2)11(8)15)7-18-13-12(14(19)20)16-3-4-17-13/h3-6H,7H2,1-2H3,(H,17,18)(H,19,20). The van der Waals surface area contributed by atoms with Crippen LogP contribution in [0.5, 0.6) is 0 Å². The molecule has 104 valence electrons. The van der Waals surface area contributed by atoms with Gasteiger partial charge in [-0.15, -0.1) is 0 Å². The summed E-state index contributed by atoms with van der Waals surface area (Å²) in [5.41, 5.74) is 1.82. The molecular formula is C14H14FN3O2. The molecule has 1 heterocycles. The first-order chi connectivity index (χ1) is 9.49. The zero-order valence-corrected chi connectivity index (χ0v) is 11.1. The first-order valence-electron chi connectivity index (χ1n) is 6.03. The minimum Gasteiger partial charge on any atom is -0.476 e. The summed E-state index contributed by atoms with van der Waals surface area (Å²) in [7, 11) is 0. The van der Waals surface area contributed by atoms with Crippen molar-refractivity contribution in [2.75, 3.05) is 5.32 Å². The Bertz CT molecular complexity index is 636. The van der Waals surface area contributed by atoms with E-state index in [1.165, 1.54) is 12.4 Å². The Hall–Kier alpha value is -2.50. The van der Waals surface area contributed by atoms with E-state index >= 15 is 0 Å². The third-order valence-electron chi connectivity index (χ3n) is 2.86. The summed E-state index contributed by atoms with van der Waals surface area (Å²) in [6.07, 6.45) is 2.73. The van der Waals surface area contributed by atoms with Gasteiger partial charge in [0.1, 0.15) is 5.82 Å². The van der Waals surface area contributed by atoms with Crippen LogP contribution in [0.3, 0.4) is 0 Å². The minimum atomic E-state index is -1.15. The molecule has 6 heteroatoms. The molecule has 0 saturated carbocycles. The van der Waals surface area contributed by atoms with E-state index in [4.69, 9.17) is 5.11 Å². The molecule has 0 fully saturated rings. The molecule has 1 aromatic heterocycles. The van der Waals surface area contributed by atoms with Crippen molar-refractivity contribution in [3.63, 3.8) is 0 Å². The van der Waals surface area contributed by atoms with Gasteiger partial charge in [-0.3, -0.25) is 0 Å². The van der Waals surface area contributed by atoms with Crippen molar-refractivity contribution in [3.05, 3.63) is 52.7 Å². The number of carbonyl (C=O) groups is 1. The average molecular weight is 275 g/mol. The molecule has 2 N–H and O–H groups in total. The van der Waals surface area contributed by atoms with Crippen molar-refractivity contribution in [1.29, 1.82) is 0 Å². The van der Waals surface area contributed by atoms with Gasteiger partial charge < -0.3 is 10.4 Å². The van der Waals surface area contributed by atoms with Crippen molar-refractivity contribution in [3.8, 4) is 0 Å². The number of aromatic nitrogens is 2. The van der Waals surface area contributed by atoms with E-state index in [1.807, 2.05) is 0 Å². The summed E-state index contributed by atoms with van der Waals surface area (Å²) in [5.74, 6) is -1.17. The van der Waals surface area contributed by atoms with Gasteiger partial charge in [0, 0.05) is 18.9 Å². The summed E-state index contributed by atoms with van der Waals surface area (Å²) in [6.45, 7) is 3.73. The van der Waals surface area contributed by atoms with Crippen molar-refractivity contribution in [1.82, 2.24) is 9.97 Å². The van der Waals surface area contributed by atoms with Crippen LogP contribution in [-0.2, 0) is 6.54 Å². The third kappa shape index (κ3) is 2.90. The second-order valence-electron chi connectivity index (χ2n) is 4.46. The Balaban J connectivity index is 2.19. The van der Waals surface area contributed by atoms with E-state index in [-0.39, 0.29) is 17.3 Å². The van der Waals surface area contributed by atoms with E-state index < -0.39 is 5.97 Å². The molecule has 0 unspecified atom stereocenters. The second-order valence-corrected chi connectivity index (χ2v) is 4.46. The maximum Gasteiger partial charge on any atom is 0.358 e. The summed E-state index contributed by atoms with van der Waals surface area (Å²) in [6, 6.07) is 3.43. The van der Waals surface area contributed by atoms with E-state index in [0.29, 0.717) is 17.7 Å². The van der Waals surface area contributed by atoms with E-state index in [0.717, 1.165) is 5.56 Å². The lowest BCUT2D eigenvalue weighted by Crippen LogP contribution is -2.10. The van der Waals surface area contributed by atoms with Crippen LogP contribution in [0.2, 0.25) is 0 Å². The smallest absolute Gasteiger partial charge is 0.358 e. The zero-order valence-electron chi connectivity index (χ0n) is 11.1. The quantitative estimate of drug-likeness (QED) is 0.896. The molecule has 0 amide bonds. The number of anilines is 1. The zero-order chi connectivity index (χ0) is 14.7. The maximum absolute atomic E-state index is 13.5. The van der Waals surface area contributed by atoms with Gasteiger partial charge in [-0.2, -0.15) is 0 Å². The molecule has 0 spiro atoms.